The summed E-state index contributed by atoms with van der Waals surface area (Å²) in [6.07, 6.45) is 0.257. The van der Waals surface area contributed by atoms with Crippen molar-refractivity contribution in [3.05, 3.63) is 34.9 Å². The van der Waals surface area contributed by atoms with Crippen LogP contribution >= 0.6 is 0 Å². The molecular weight excluding hydrogens is 318 g/mol. The van der Waals surface area contributed by atoms with Crippen molar-refractivity contribution < 1.29 is 37.2 Å². The second-order valence-corrected chi connectivity index (χ2v) is 5.25. The molecule has 1 aromatic carbocycles. The number of ether oxygens (including phenoxy) is 2. The van der Waals surface area contributed by atoms with Crippen LogP contribution in [0, 0.1) is 13.8 Å². The number of carbonyl (C=O) groups excluding carboxylic acids is 2. The van der Waals surface area contributed by atoms with E-state index in [1.165, 1.54) is 0 Å². The van der Waals surface area contributed by atoms with Gasteiger partial charge in [0.1, 0.15) is 0 Å². The molecule has 0 aliphatic heterocycles. The highest BCUT2D eigenvalue weighted by Crippen LogP contribution is 2.32. The maximum atomic E-state index is 12.6. The fraction of sp³-hybridized carbons (Fsp3) is 0.529. The zero-order valence-electron chi connectivity index (χ0n) is 14.3. The first-order valence-electron chi connectivity index (χ1n) is 7.65. The van der Waals surface area contributed by atoms with Crippen molar-refractivity contribution >= 4 is 11.9 Å². The lowest BCUT2D eigenvalue weighted by atomic mass is 9.76. The summed E-state index contributed by atoms with van der Waals surface area (Å²) < 4.78 is 10.4. The van der Waals surface area contributed by atoms with Gasteiger partial charge in [-0.25, -0.2) is 0 Å². The maximum absolute atomic E-state index is 12.6. The molecule has 0 amide bonds. The van der Waals surface area contributed by atoms with Crippen LogP contribution in [0.15, 0.2) is 18.2 Å². The van der Waals surface area contributed by atoms with E-state index in [-0.39, 0.29) is 32.0 Å². The zero-order valence-corrected chi connectivity index (χ0v) is 15.0. The minimum Gasteiger partial charge on any atom is -1.00 e. The van der Waals surface area contributed by atoms with Crippen molar-refractivity contribution in [3.8, 4) is 0 Å². The van der Waals surface area contributed by atoms with E-state index in [2.05, 4.69) is 5.73 Å². The quantitative estimate of drug-likeness (QED) is 0.473. The van der Waals surface area contributed by atoms with Crippen LogP contribution in [-0.2, 0) is 24.5 Å². The number of hydrogen-bond acceptors (Lipinski definition) is 4. The van der Waals surface area contributed by atoms with Crippen molar-refractivity contribution in [2.45, 2.75) is 39.5 Å². The van der Waals surface area contributed by atoms with E-state index in [0.717, 1.165) is 11.1 Å². The van der Waals surface area contributed by atoms with Crippen molar-refractivity contribution in [2.24, 2.45) is 0 Å². The summed E-state index contributed by atoms with van der Waals surface area (Å²) in [5, 5.41) is 0. The molecule has 0 bridgehead atoms. The van der Waals surface area contributed by atoms with Gasteiger partial charge < -0.3 is 27.6 Å². The predicted octanol–water partition coefficient (Wildman–Crippen LogP) is -1.70. The molecule has 0 radical (unpaired) electrons. The van der Waals surface area contributed by atoms with Crippen LogP contribution in [-0.4, -0.2) is 31.7 Å². The van der Waals surface area contributed by atoms with Crippen molar-refractivity contribution in [2.75, 3.05) is 19.8 Å². The topological polar surface area (TPSA) is 80.2 Å². The highest BCUT2D eigenvalue weighted by Gasteiger charge is 2.50. The van der Waals surface area contributed by atoms with Crippen LogP contribution in [0.2, 0.25) is 0 Å². The van der Waals surface area contributed by atoms with Gasteiger partial charge in [0, 0.05) is 6.42 Å². The van der Waals surface area contributed by atoms with Crippen molar-refractivity contribution in [1.82, 2.24) is 0 Å². The number of aryl methyl sites for hydroxylation is 2. The average Bonchev–Trinajstić information content (AvgIpc) is 2.48. The molecule has 1 aromatic rings. The largest absolute Gasteiger partial charge is 1.00 e. The molecule has 130 valence electrons. The minimum atomic E-state index is -1.44. The van der Waals surface area contributed by atoms with Gasteiger partial charge in [0.05, 0.1) is 19.8 Å². The smallest absolute Gasteiger partial charge is 0.328 e. The Hall–Kier alpha value is -1.59. The fourth-order valence-electron chi connectivity index (χ4n) is 2.45. The summed E-state index contributed by atoms with van der Waals surface area (Å²) in [5.41, 5.74) is 5.09. The molecule has 0 heterocycles. The Morgan fingerprint density at radius 1 is 1.04 bits per heavy atom. The van der Waals surface area contributed by atoms with Gasteiger partial charge in [0.15, 0.2) is 5.41 Å². The standard InChI is InChI=1S/C17H25NO4.ClH/c1-5-21-15(19)17(9-10-18,16(20)22-6-2)14-8-7-12(3)13(4)11-14;/h7-8,11H,5-6,9-10,18H2,1-4H3;1H. The number of benzene rings is 1. The fourth-order valence-corrected chi connectivity index (χ4v) is 2.45. The van der Waals surface area contributed by atoms with Gasteiger partial charge in [-0.1, -0.05) is 18.2 Å². The maximum Gasteiger partial charge on any atom is 0.328 e. The normalized spacial score (nSPS) is 10.7. The first kappa shape index (κ1) is 21.4. The van der Waals surface area contributed by atoms with Crippen LogP contribution in [0.1, 0.15) is 37.0 Å². The molecule has 0 spiro atoms. The Balaban J connectivity index is 0.00000484. The molecule has 1 rings (SSSR count). The summed E-state index contributed by atoms with van der Waals surface area (Å²) in [6.45, 7) is 8.21. The third kappa shape index (κ3) is 4.45. The number of quaternary nitrogens is 1. The molecule has 5 nitrogen and oxygen atoms in total. The lowest BCUT2D eigenvalue weighted by molar-refractivity contribution is -0.370. The number of carbonyl (C=O) groups is 2. The Bertz CT molecular complexity index is 527. The number of halogens is 1. The van der Waals surface area contributed by atoms with Gasteiger partial charge >= 0.3 is 11.9 Å². The van der Waals surface area contributed by atoms with Crippen LogP contribution in [0.25, 0.3) is 0 Å². The van der Waals surface area contributed by atoms with Gasteiger partial charge in [-0.05, 0) is 44.4 Å². The van der Waals surface area contributed by atoms with Gasteiger partial charge in [0.2, 0.25) is 0 Å². The molecule has 6 heteroatoms. The number of hydrogen-bond donors (Lipinski definition) is 1. The Kier molecular flexibility index (Phi) is 8.87. The van der Waals surface area contributed by atoms with E-state index in [4.69, 9.17) is 9.47 Å². The molecule has 0 unspecified atom stereocenters. The minimum absolute atomic E-state index is 0. The average molecular weight is 344 g/mol. The summed E-state index contributed by atoms with van der Waals surface area (Å²) in [7, 11) is 0. The van der Waals surface area contributed by atoms with Gasteiger partial charge in [-0.3, -0.25) is 9.59 Å². The van der Waals surface area contributed by atoms with E-state index in [9.17, 15) is 9.59 Å². The zero-order chi connectivity index (χ0) is 16.8. The third-order valence-corrected chi connectivity index (χ3v) is 3.80. The Morgan fingerprint density at radius 3 is 1.96 bits per heavy atom. The van der Waals surface area contributed by atoms with Gasteiger partial charge in [-0.15, -0.1) is 0 Å². The lowest BCUT2D eigenvalue weighted by Crippen LogP contribution is -3.00. The monoisotopic (exact) mass is 343 g/mol. The summed E-state index contributed by atoms with van der Waals surface area (Å²) in [5.74, 6) is -1.14. The summed E-state index contributed by atoms with van der Waals surface area (Å²) in [6, 6.07) is 5.56. The van der Waals surface area contributed by atoms with Crippen molar-refractivity contribution in [3.63, 3.8) is 0 Å². The first-order valence-corrected chi connectivity index (χ1v) is 7.65. The molecule has 0 aromatic heterocycles. The summed E-state index contributed by atoms with van der Waals surface area (Å²) >= 11 is 0. The van der Waals surface area contributed by atoms with Crippen LogP contribution in [0.4, 0.5) is 0 Å². The second-order valence-electron chi connectivity index (χ2n) is 5.25. The van der Waals surface area contributed by atoms with E-state index < -0.39 is 17.4 Å². The van der Waals surface area contributed by atoms with Crippen LogP contribution in [0.3, 0.4) is 0 Å². The van der Waals surface area contributed by atoms with E-state index >= 15 is 0 Å². The van der Waals surface area contributed by atoms with E-state index in [1.807, 2.05) is 26.0 Å². The Labute approximate surface area is 143 Å². The predicted molar refractivity (Wildman–Crippen MR) is 83.2 cm³/mol. The molecule has 0 fully saturated rings. The lowest BCUT2D eigenvalue weighted by Gasteiger charge is -2.29. The molecular formula is C17H26ClNO4. The molecule has 0 atom stereocenters. The van der Waals surface area contributed by atoms with E-state index in [1.54, 1.807) is 19.9 Å². The molecule has 3 N–H and O–H groups in total. The van der Waals surface area contributed by atoms with E-state index in [0.29, 0.717) is 12.1 Å². The number of esters is 2. The Morgan fingerprint density at radius 2 is 1.57 bits per heavy atom. The first-order chi connectivity index (χ1) is 10.4. The van der Waals surface area contributed by atoms with Crippen molar-refractivity contribution in [1.29, 1.82) is 0 Å². The third-order valence-electron chi connectivity index (χ3n) is 3.80. The molecule has 0 aliphatic carbocycles. The molecule has 0 saturated heterocycles. The van der Waals surface area contributed by atoms with Gasteiger partial charge in [-0.2, -0.15) is 0 Å². The highest BCUT2D eigenvalue weighted by atomic mass is 35.5. The molecule has 23 heavy (non-hydrogen) atoms. The van der Waals surface area contributed by atoms with Gasteiger partial charge in [0.25, 0.3) is 0 Å². The molecule has 0 aliphatic rings. The number of rotatable bonds is 7. The second kappa shape index (κ2) is 9.53. The highest BCUT2D eigenvalue weighted by molar-refractivity contribution is 6.06. The molecule has 0 saturated carbocycles. The SMILES string of the molecule is CCOC(=O)C(CC[NH3+])(C(=O)OCC)c1ccc(C)c(C)c1.[Cl-]. The van der Waals surface area contributed by atoms with Crippen LogP contribution < -0.4 is 18.1 Å². The summed E-state index contributed by atoms with van der Waals surface area (Å²) in [4.78, 5) is 25.2. The van der Waals surface area contributed by atoms with Crippen LogP contribution in [0.5, 0.6) is 0 Å².